The molecule has 1 aliphatic rings. The van der Waals surface area contributed by atoms with Crippen LogP contribution in [0.3, 0.4) is 0 Å². The van der Waals surface area contributed by atoms with E-state index in [1.807, 2.05) is 0 Å². The van der Waals surface area contributed by atoms with E-state index in [-0.39, 0.29) is 17.3 Å². The van der Waals surface area contributed by atoms with Gasteiger partial charge in [-0.1, -0.05) is 37.3 Å². The molecule has 0 radical (unpaired) electrons. The van der Waals surface area contributed by atoms with Gasteiger partial charge >= 0.3 is 0 Å². The molecule has 0 spiro atoms. The van der Waals surface area contributed by atoms with Gasteiger partial charge in [0.15, 0.2) is 0 Å². The van der Waals surface area contributed by atoms with E-state index in [0.717, 1.165) is 0 Å². The summed E-state index contributed by atoms with van der Waals surface area (Å²) in [5, 5.41) is 3.74. The summed E-state index contributed by atoms with van der Waals surface area (Å²) < 4.78 is 26.7. The lowest BCUT2D eigenvalue weighted by Gasteiger charge is -2.16. The normalized spacial score (nSPS) is 16.8. The topological polar surface area (TPSA) is 71.1 Å². The quantitative estimate of drug-likeness (QED) is 0.598. The monoisotopic (exact) mass is 367 g/mol. The molecule has 1 aliphatic carbocycles. The summed E-state index contributed by atoms with van der Waals surface area (Å²) in [6, 6.07) is 1.92. The minimum atomic E-state index is -3.53. The SMILES string of the molecule is Cl.O=S(=O)(NCCNC1CCCCCC1)c1cncc(Cl)c1. The Kier molecular flexibility index (Phi) is 8.64. The summed E-state index contributed by atoms with van der Waals surface area (Å²) >= 11 is 5.76. The molecular formula is C14H23Cl2N3O2S. The molecule has 0 unspecified atom stereocenters. The Morgan fingerprint density at radius 1 is 1.14 bits per heavy atom. The summed E-state index contributed by atoms with van der Waals surface area (Å²) in [7, 11) is -3.53. The van der Waals surface area contributed by atoms with Crippen molar-refractivity contribution in [3.05, 3.63) is 23.5 Å². The smallest absolute Gasteiger partial charge is 0.242 e. The lowest BCUT2D eigenvalue weighted by Crippen LogP contribution is -2.36. The molecule has 0 aromatic carbocycles. The molecule has 1 saturated carbocycles. The van der Waals surface area contributed by atoms with Crippen molar-refractivity contribution in [3.8, 4) is 0 Å². The highest BCUT2D eigenvalue weighted by Crippen LogP contribution is 2.17. The van der Waals surface area contributed by atoms with Crippen LogP contribution in [0.5, 0.6) is 0 Å². The number of pyridine rings is 1. The van der Waals surface area contributed by atoms with E-state index < -0.39 is 10.0 Å². The van der Waals surface area contributed by atoms with Gasteiger partial charge in [0.2, 0.25) is 10.0 Å². The van der Waals surface area contributed by atoms with E-state index >= 15 is 0 Å². The Morgan fingerprint density at radius 2 is 1.82 bits per heavy atom. The van der Waals surface area contributed by atoms with Gasteiger partial charge in [-0.3, -0.25) is 4.98 Å². The minimum absolute atomic E-state index is 0. The zero-order chi connectivity index (χ0) is 15.1. The van der Waals surface area contributed by atoms with Gasteiger partial charge in [-0.05, 0) is 18.9 Å². The number of nitrogens with one attached hydrogen (secondary N) is 2. The van der Waals surface area contributed by atoms with Crippen molar-refractivity contribution >= 4 is 34.0 Å². The van der Waals surface area contributed by atoms with E-state index in [0.29, 0.717) is 24.2 Å². The number of sulfonamides is 1. The molecule has 0 amide bonds. The molecule has 2 rings (SSSR count). The predicted molar refractivity (Wildman–Crippen MR) is 91.2 cm³/mol. The molecule has 1 aromatic heterocycles. The molecule has 0 aliphatic heterocycles. The number of nitrogens with zero attached hydrogens (tertiary/aromatic N) is 1. The first-order chi connectivity index (χ1) is 10.1. The van der Waals surface area contributed by atoms with Crippen molar-refractivity contribution in [2.75, 3.05) is 13.1 Å². The number of aromatic nitrogens is 1. The Morgan fingerprint density at radius 3 is 2.45 bits per heavy atom. The van der Waals surface area contributed by atoms with Gasteiger partial charge in [0, 0.05) is 31.5 Å². The lowest BCUT2D eigenvalue weighted by atomic mass is 10.1. The van der Waals surface area contributed by atoms with Crippen LogP contribution in [0.4, 0.5) is 0 Å². The maximum absolute atomic E-state index is 12.1. The highest BCUT2D eigenvalue weighted by Gasteiger charge is 2.15. The summed E-state index contributed by atoms with van der Waals surface area (Å²) in [5.41, 5.74) is 0. The Bertz CT molecular complexity index is 547. The van der Waals surface area contributed by atoms with Crippen LogP contribution in [0.1, 0.15) is 38.5 Å². The van der Waals surface area contributed by atoms with Crippen molar-refractivity contribution < 1.29 is 8.42 Å². The first-order valence-corrected chi connectivity index (χ1v) is 9.28. The zero-order valence-electron chi connectivity index (χ0n) is 12.4. The van der Waals surface area contributed by atoms with Crippen LogP contribution < -0.4 is 10.0 Å². The van der Waals surface area contributed by atoms with Crippen molar-refractivity contribution in [2.24, 2.45) is 0 Å². The van der Waals surface area contributed by atoms with E-state index in [9.17, 15) is 8.42 Å². The molecule has 22 heavy (non-hydrogen) atoms. The standard InChI is InChI=1S/C14H22ClN3O2S.ClH/c15-12-9-14(11-16-10-12)21(19,20)18-8-7-17-13-5-3-1-2-4-6-13;/h9-11,13,17-18H,1-8H2;1H. The van der Waals surface area contributed by atoms with Crippen LogP contribution in [0, 0.1) is 0 Å². The Labute approximate surface area is 143 Å². The molecular weight excluding hydrogens is 345 g/mol. The number of halogens is 2. The summed E-state index contributed by atoms with van der Waals surface area (Å²) in [6.07, 6.45) is 10.2. The van der Waals surface area contributed by atoms with Gasteiger partial charge < -0.3 is 5.32 Å². The van der Waals surface area contributed by atoms with E-state index in [1.165, 1.54) is 57.0 Å². The second-order valence-electron chi connectivity index (χ2n) is 5.38. The lowest BCUT2D eigenvalue weighted by molar-refractivity contribution is 0.461. The van der Waals surface area contributed by atoms with E-state index in [4.69, 9.17) is 11.6 Å². The van der Waals surface area contributed by atoms with Crippen molar-refractivity contribution in [2.45, 2.75) is 49.5 Å². The number of hydrogen-bond donors (Lipinski definition) is 2. The van der Waals surface area contributed by atoms with Crippen molar-refractivity contribution in [3.63, 3.8) is 0 Å². The summed E-state index contributed by atoms with van der Waals surface area (Å²) in [5.74, 6) is 0. The van der Waals surface area contributed by atoms with Gasteiger partial charge in [-0.15, -0.1) is 12.4 Å². The van der Waals surface area contributed by atoms with E-state index in [2.05, 4.69) is 15.0 Å². The number of rotatable bonds is 6. The maximum atomic E-state index is 12.1. The average Bonchev–Trinajstić information content (AvgIpc) is 2.72. The van der Waals surface area contributed by atoms with Crippen LogP contribution in [-0.4, -0.2) is 32.5 Å². The fourth-order valence-electron chi connectivity index (χ4n) is 2.57. The second kappa shape index (κ2) is 9.67. The first kappa shape index (κ1) is 19.6. The third-order valence-electron chi connectivity index (χ3n) is 3.70. The fraction of sp³-hybridized carbons (Fsp3) is 0.643. The molecule has 126 valence electrons. The first-order valence-electron chi connectivity index (χ1n) is 7.41. The predicted octanol–water partition coefficient (Wildman–Crippen LogP) is 2.75. The Hall–Kier alpha value is -0.400. The van der Waals surface area contributed by atoms with Crippen molar-refractivity contribution in [1.29, 1.82) is 0 Å². The van der Waals surface area contributed by atoms with Crippen LogP contribution in [0.2, 0.25) is 5.02 Å². The molecule has 0 bridgehead atoms. The third kappa shape index (κ3) is 6.38. The van der Waals surface area contributed by atoms with Crippen LogP contribution >= 0.6 is 24.0 Å². The average molecular weight is 368 g/mol. The highest BCUT2D eigenvalue weighted by molar-refractivity contribution is 7.89. The molecule has 1 heterocycles. The van der Waals surface area contributed by atoms with Gasteiger partial charge in [0.05, 0.1) is 5.02 Å². The highest BCUT2D eigenvalue weighted by atomic mass is 35.5. The van der Waals surface area contributed by atoms with E-state index in [1.54, 1.807) is 0 Å². The molecule has 0 atom stereocenters. The largest absolute Gasteiger partial charge is 0.313 e. The van der Waals surface area contributed by atoms with Gasteiger partial charge in [-0.2, -0.15) is 0 Å². The molecule has 0 saturated heterocycles. The summed E-state index contributed by atoms with van der Waals surface area (Å²) in [4.78, 5) is 3.90. The van der Waals surface area contributed by atoms with Gasteiger partial charge in [0.1, 0.15) is 4.90 Å². The fourth-order valence-corrected chi connectivity index (χ4v) is 3.83. The van der Waals surface area contributed by atoms with Crippen molar-refractivity contribution in [1.82, 2.24) is 15.0 Å². The second-order valence-corrected chi connectivity index (χ2v) is 7.58. The third-order valence-corrected chi connectivity index (χ3v) is 5.33. The maximum Gasteiger partial charge on any atom is 0.242 e. The van der Waals surface area contributed by atoms with Gasteiger partial charge in [-0.25, -0.2) is 13.1 Å². The summed E-state index contributed by atoms with van der Waals surface area (Å²) in [6.45, 7) is 1.00. The molecule has 8 heteroatoms. The minimum Gasteiger partial charge on any atom is -0.313 e. The Balaban J connectivity index is 0.00000242. The molecule has 1 fully saturated rings. The molecule has 2 N–H and O–H groups in total. The number of hydrogen-bond acceptors (Lipinski definition) is 4. The molecule has 1 aromatic rings. The van der Waals surface area contributed by atoms with Crippen LogP contribution in [0.25, 0.3) is 0 Å². The zero-order valence-corrected chi connectivity index (χ0v) is 14.8. The van der Waals surface area contributed by atoms with Crippen LogP contribution in [-0.2, 0) is 10.0 Å². The molecule has 5 nitrogen and oxygen atoms in total. The van der Waals surface area contributed by atoms with Crippen LogP contribution in [0.15, 0.2) is 23.4 Å². The van der Waals surface area contributed by atoms with Gasteiger partial charge in [0.25, 0.3) is 0 Å².